The topological polar surface area (TPSA) is 87.3 Å². The molecule has 0 spiro atoms. The lowest BCUT2D eigenvalue weighted by Crippen LogP contribution is -2.49. The first kappa shape index (κ1) is 18.4. The van der Waals surface area contributed by atoms with Crippen molar-refractivity contribution in [3.8, 4) is 0 Å². The Kier molecular flexibility index (Phi) is 7.24. The summed E-state index contributed by atoms with van der Waals surface area (Å²) in [5, 5.41) is 7.86. The van der Waals surface area contributed by atoms with Crippen LogP contribution < -0.4 is 16.0 Å². The minimum Gasteiger partial charge on any atom is -0.352 e. The largest absolute Gasteiger partial charge is 0.352 e. The molecule has 0 aliphatic carbocycles. The molecule has 0 aliphatic rings. The second kappa shape index (κ2) is 7.87. The van der Waals surface area contributed by atoms with Gasteiger partial charge in [0.15, 0.2) is 0 Å². The van der Waals surface area contributed by atoms with Gasteiger partial charge < -0.3 is 16.0 Å². The van der Waals surface area contributed by atoms with Gasteiger partial charge in [0.1, 0.15) is 6.04 Å². The molecule has 3 amide bonds. The monoisotopic (exact) mass is 285 g/mol. The van der Waals surface area contributed by atoms with Crippen molar-refractivity contribution in [2.45, 2.75) is 60.0 Å². The van der Waals surface area contributed by atoms with Crippen LogP contribution in [0.5, 0.6) is 0 Å². The van der Waals surface area contributed by atoms with Crippen LogP contribution in [0.15, 0.2) is 0 Å². The normalized spacial score (nSPS) is 14.1. The molecule has 0 aliphatic heterocycles. The summed E-state index contributed by atoms with van der Waals surface area (Å²) in [7, 11) is 0. The molecule has 0 saturated carbocycles. The molecule has 3 N–H and O–H groups in total. The Hall–Kier alpha value is -1.59. The van der Waals surface area contributed by atoms with Gasteiger partial charge in [-0.3, -0.25) is 14.4 Å². The molecule has 0 heterocycles. The highest BCUT2D eigenvalue weighted by molar-refractivity contribution is 5.90. The van der Waals surface area contributed by atoms with Crippen molar-refractivity contribution in [2.24, 2.45) is 5.41 Å². The minimum atomic E-state index is -0.643. The van der Waals surface area contributed by atoms with Crippen LogP contribution in [0.25, 0.3) is 0 Å². The van der Waals surface area contributed by atoms with Crippen LogP contribution >= 0.6 is 0 Å². The van der Waals surface area contributed by atoms with E-state index in [4.69, 9.17) is 0 Å². The fourth-order valence-corrected chi connectivity index (χ4v) is 1.24. The third-order valence-electron chi connectivity index (χ3n) is 3.19. The Bertz CT molecular complexity index is 361. The van der Waals surface area contributed by atoms with Crippen molar-refractivity contribution in [3.63, 3.8) is 0 Å². The molecule has 0 fully saturated rings. The van der Waals surface area contributed by atoms with Gasteiger partial charge in [0.2, 0.25) is 17.7 Å². The number of rotatable bonds is 6. The summed E-state index contributed by atoms with van der Waals surface area (Å²) < 4.78 is 0. The van der Waals surface area contributed by atoms with Gasteiger partial charge in [-0.2, -0.15) is 0 Å². The summed E-state index contributed by atoms with van der Waals surface area (Å²) in [6, 6.07) is -0.639. The molecular formula is C14H27N3O3. The predicted octanol–water partition coefficient (Wildman–Crippen LogP) is 0.568. The van der Waals surface area contributed by atoms with E-state index in [1.165, 1.54) is 0 Å². The third kappa shape index (κ3) is 7.11. The molecule has 1 unspecified atom stereocenters. The lowest BCUT2D eigenvalue weighted by atomic mass is 9.88. The maximum atomic E-state index is 11.7. The molecule has 0 aromatic rings. The molecule has 0 rings (SSSR count). The van der Waals surface area contributed by atoms with Crippen LogP contribution in [0.3, 0.4) is 0 Å². The molecule has 20 heavy (non-hydrogen) atoms. The summed E-state index contributed by atoms with van der Waals surface area (Å²) in [5.41, 5.74) is -0.0396. The summed E-state index contributed by atoms with van der Waals surface area (Å²) in [6.45, 7) is 11.2. The molecule has 0 radical (unpaired) electrons. The quantitative estimate of drug-likeness (QED) is 0.666. The van der Waals surface area contributed by atoms with E-state index < -0.39 is 6.04 Å². The standard InChI is InChI=1S/C14H27N3O3/c1-7-11(18)16-9(2)13(20)15-8-12(19)17-10(3)14(4,5)6/h9-10H,7-8H2,1-6H3,(H,15,20)(H,16,18)(H,17,19)/t9-,10?/m1/s1. The molecule has 0 aromatic heterocycles. The number of amides is 3. The summed E-state index contributed by atoms with van der Waals surface area (Å²) >= 11 is 0. The highest BCUT2D eigenvalue weighted by Gasteiger charge is 2.22. The van der Waals surface area contributed by atoms with Gasteiger partial charge in [-0.1, -0.05) is 27.7 Å². The molecule has 6 nitrogen and oxygen atoms in total. The zero-order valence-electron chi connectivity index (χ0n) is 13.3. The zero-order chi connectivity index (χ0) is 15.9. The number of carbonyl (C=O) groups is 3. The molecule has 6 heteroatoms. The van der Waals surface area contributed by atoms with Gasteiger partial charge in [0, 0.05) is 12.5 Å². The Morgan fingerprint density at radius 2 is 1.55 bits per heavy atom. The van der Waals surface area contributed by atoms with Gasteiger partial charge >= 0.3 is 0 Å². The molecule has 0 aromatic carbocycles. The van der Waals surface area contributed by atoms with E-state index in [9.17, 15) is 14.4 Å². The Labute approximate surface area is 121 Å². The van der Waals surface area contributed by atoms with E-state index in [2.05, 4.69) is 16.0 Å². The molecular weight excluding hydrogens is 258 g/mol. The van der Waals surface area contributed by atoms with E-state index in [0.29, 0.717) is 6.42 Å². The number of nitrogens with one attached hydrogen (secondary N) is 3. The molecule has 116 valence electrons. The molecule has 2 atom stereocenters. The lowest BCUT2D eigenvalue weighted by molar-refractivity contribution is -0.130. The molecule has 0 bridgehead atoms. The van der Waals surface area contributed by atoms with Crippen molar-refractivity contribution in [2.75, 3.05) is 6.54 Å². The fraction of sp³-hybridized carbons (Fsp3) is 0.786. The highest BCUT2D eigenvalue weighted by Crippen LogP contribution is 2.18. The van der Waals surface area contributed by atoms with E-state index in [1.54, 1.807) is 13.8 Å². The van der Waals surface area contributed by atoms with Crippen molar-refractivity contribution in [3.05, 3.63) is 0 Å². The second-order valence-electron chi connectivity index (χ2n) is 6.02. The average molecular weight is 285 g/mol. The van der Waals surface area contributed by atoms with Gasteiger partial charge in [-0.25, -0.2) is 0 Å². The van der Waals surface area contributed by atoms with Gasteiger partial charge in [-0.05, 0) is 19.3 Å². The summed E-state index contributed by atoms with van der Waals surface area (Å²) in [6.07, 6.45) is 0.321. The fourth-order valence-electron chi connectivity index (χ4n) is 1.24. The van der Waals surface area contributed by atoms with Crippen LogP contribution in [0.4, 0.5) is 0 Å². The first-order valence-electron chi connectivity index (χ1n) is 6.94. The van der Waals surface area contributed by atoms with E-state index in [0.717, 1.165) is 0 Å². The second-order valence-corrected chi connectivity index (χ2v) is 6.02. The van der Waals surface area contributed by atoms with Crippen LogP contribution in [0.1, 0.15) is 48.0 Å². The van der Waals surface area contributed by atoms with Crippen LogP contribution in [-0.2, 0) is 14.4 Å². The smallest absolute Gasteiger partial charge is 0.242 e. The Morgan fingerprint density at radius 3 is 2.00 bits per heavy atom. The minimum absolute atomic E-state index is 0.00381. The molecule has 0 saturated heterocycles. The zero-order valence-corrected chi connectivity index (χ0v) is 13.3. The van der Waals surface area contributed by atoms with Gasteiger partial charge in [0.05, 0.1) is 6.54 Å². The summed E-state index contributed by atoms with van der Waals surface area (Å²) in [4.78, 5) is 34.5. The average Bonchev–Trinajstić information content (AvgIpc) is 2.34. The van der Waals surface area contributed by atoms with E-state index in [-0.39, 0.29) is 35.7 Å². The van der Waals surface area contributed by atoms with Crippen molar-refractivity contribution in [1.82, 2.24) is 16.0 Å². The highest BCUT2D eigenvalue weighted by atomic mass is 16.2. The van der Waals surface area contributed by atoms with Crippen LogP contribution in [0.2, 0.25) is 0 Å². The lowest BCUT2D eigenvalue weighted by Gasteiger charge is -2.28. The van der Waals surface area contributed by atoms with Gasteiger partial charge in [0.25, 0.3) is 0 Å². The summed E-state index contributed by atoms with van der Waals surface area (Å²) in [5.74, 6) is -0.807. The Morgan fingerprint density at radius 1 is 1.00 bits per heavy atom. The number of hydrogen-bond acceptors (Lipinski definition) is 3. The number of carbonyl (C=O) groups excluding carboxylic acids is 3. The van der Waals surface area contributed by atoms with E-state index in [1.807, 2.05) is 27.7 Å². The van der Waals surface area contributed by atoms with Gasteiger partial charge in [-0.15, -0.1) is 0 Å². The SMILES string of the molecule is CCC(=O)N[C@H](C)C(=O)NCC(=O)NC(C)C(C)(C)C. The first-order chi connectivity index (χ1) is 9.07. The van der Waals surface area contributed by atoms with Crippen LogP contribution in [-0.4, -0.2) is 36.3 Å². The number of hydrogen-bond donors (Lipinski definition) is 3. The predicted molar refractivity (Wildman–Crippen MR) is 78.0 cm³/mol. The first-order valence-corrected chi connectivity index (χ1v) is 6.94. The van der Waals surface area contributed by atoms with Crippen molar-refractivity contribution in [1.29, 1.82) is 0 Å². The van der Waals surface area contributed by atoms with Crippen molar-refractivity contribution >= 4 is 17.7 Å². The van der Waals surface area contributed by atoms with Crippen LogP contribution in [0, 0.1) is 5.41 Å². The van der Waals surface area contributed by atoms with Crippen molar-refractivity contribution < 1.29 is 14.4 Å². The Balaban J connectivity index is 4.12. The maximum absolute atomic E-state index is 11.7. The third-order valence-corrected chi connectivity index (χ3v) is 3.19. The maximum Gasteiger partial charge on any atom is 0.242 e. The van der Waals surface area contributed by atoms with E-state index >= 15 is 0 Å².